The molecule has 19 heavy (non-hydrogen) atoms. The molecule has 0 spiro atoms. The van der Waals surface area contributed by atoms with Crippen LogP contribution in [0.1, 0.15) is 31.2 Å². The fourth-order valence-corrected chi connectivity index (χ4v) is 2.91. The first-order chi connectivity index (χ1) is 9.08. The Kier molecular flexibility index (Phi) is 4.10. The molecule has 0 radical (unpaired) electrons. The van der Waals surface area contributed by atoms with Gasteiger partial charge in [-0.25, -0.2) is 0 Å². The summed E-state index contributed by atoms with van der Waals surface area (Å²) in [5, 5.41) is 10.2. The number of nitrogens with two attached hydrogens (primary N) is 1. The molecule has 0 heterocycles. The van der Waals surface area contributed by atoms with Gasteiger partial charge in [0.1, 0.15) is 5.75 Å². The number of rotatable bonds is 4. The van der Waals surface area contributed by atoms with Crippen molar-refractivity contribution in [3.63, 3.8) is 0 Å². The second-order valence-electron chi connectivity index (χ2n) is 5.31. The van der Waals surface area contributed by atoms with Gasteiger partial charge in [0.2, 0.25) is 5.91 Å². The van der Waals surface area contributed by atoms with Gasteiger partial charge in [0, 0.05) is 0 Å². The highest BCUT2D eigenvalue weighted by Crippen LogP contribution is 2.39. The van der Waals surface area contributed by atoms with Crippen molar-refractivity contribution in [1.29, 1.82) is 0 Å². The summed E-state index contributed by atoms with van der Waals surface area (Å²) < 4.78 is 5.11. The van der Waals surface area contributed by atoms with Crippen LogP contribution in [-0.2, 0) is 11.2 Å². The third kappa shape index (κ3) is 2.73. The molecule has 1 aromatic carbocycles. The molecule has 0 aliphatic heterocycles. The van der Waals surface area contributed by atoms with E-state index in [1.807, 2.05) is 24.3 Å². The maximum Gasteiger partial charge on any atom is 0.226 e. The molecule has 2 unspecified atom stereocenters. The predicted molar refractivity (Wildman–Crippen MR) is 72.8 cm³/mol. The van der Waals surface area contributed by atoms with Gasteiger partial charge in [0.05, 0.1) is 18.6 Å². The minimum atomic E-state index is -0.813. The molecule has 1 amide bonds. The lowest BCUT2D eigenvalue weighted by molar-refractivity contribution is -0.138. The maximum atomic E-state index is 11.9. The molecule has 0 saturated heterocycles. The van der Waals surface area contributed by atoms with Crippen LogP contribution in [0.15, 0.2) is 24.3 Å². The van der Waals surface area contributed by atoms with E-state index in [0.29, 0.717) is 19.3 Å². The van der Waals surface area contributed by atoms with Gasteiger partial charge in [0.15, 0.2) is 0 Å². The Morgan fingerprint density at radius 3 is 2.63 bits per heavy atom. The average molecular weight is 263 g/mol. The standard InChI is InChI=1S/C15H21NO3/c1-19-12-7-5-11(6-8-12)10-15(14(16)18)9-3-2-4-13(15)17/h5-8,13,17H,2-4,9-10H2,1H3,(H2,16,18). The number of carbonyl (C=O) groups excluding carboxylic acids is 1. The number of carbonyl (C=O) groups is 1. The van der Waals surface area contributed by atoms with Gasteiger partial charge in [-0.3, -0.25) is 4.79 Å². The highest BCUT2D eigenvalue weighted by molar-refractivity contribution is 5.82. The minimum absolute atomic E-state index is 0.393. The van der Waals surface area contributed by atoms with Crippen LogP contribution in [0, 0.1) is 5.41 Å². The van der Waals surface area contributed by atoms with Crippen LogP contribution in [0.2, 0.25) is 0 Å². The lowest BCUT2D eigenvalue weighted by Crippen LogP contribution is -2.50. The van der Waals surface area contributed by atoms with Crippen LogP contribution < -0.4 is 10.5 Å². The minimum Gasteiger partial charge on any atom is -0.497 e. The zero-order valence-electron chi connectivity index (χ0n) is 11.3. The third-order valence-corrected chi connectivity index (χ3v) is 4.16. The Hall–Kier alpha value is -1.55. The molecule has 1 aliphatic rings. The van der Waals surface area contributed by atoms with E-state index < -0.39 is 17.4 Å². The van der Waals surface area contributed by atoms with Crippen LogP contribution in [-0.4, -0.2) is 24.2 Å². The number of aliphatic hydroxyl groups excluding tert-OH is 1. The number of methoxy groups -OCH3 is 1. The normalized spacial score (nSPS) is 26.9. The Morgan fingerprint density at radius 2 is 2.11 bits per heavy atom. The Bertz CT molecular complexity index is 443. The van der Waals surface area contributed by atoms with E-state index in [-0.39, 0.29) is 0 Å². The van der Waals surface area contributed by atoms with Gasteiger partial charge in [-0.2, -0.15) is 0 Å². The fraction of sp³-hybridized carbons (Fsp3) is 0.533. The SMILES string of the molecule is COc1ccc(CC2(C(N)=O)CCCCC2O)cc1. The Balaban J connectivity index is 2.22. The van der Waals surface area contributed by atoms with Crippen LogP contribution in [0.3, 0.4) is 0 Å². The predicted octanol–water partition coefficient (Wildman–Crippen LogP) is 1.64. The summed E-state index contributed by atoms with van der Waals surface area (Å²) >= 11 is 0. The molecule has 0 bridgehead atoms. The lowest BCUT2D eigenvalue weighted by atomic mass is 9.68. The van der Waals surface area contributed by atoms with E-state index >= 15 is 0 Å². The molecule has 1 aromatic rings. The van der Waals surface area contributed by atoms with Gasteiger partial charge in [0.25, 0.3) is 0 Å². The molecule has 2 atom stereocenters. The number of amides is 1. The first-order valence-corrected chi connectivity index (χ1v) is 6.69. The third-order valence-electron chi connectivity index (χ3n) is 4.16. The van der Waals surface area contributed by atoms with Crippen molar-refractivity contribution in [2.45, 2.75) is 38.2 Å². The molecule has 4 nitrogen and oxygen atoms in total. The van der Waals surface area contributed by atoms with Crippen LogP contribution in [0.4, 0.5) is 0 Å². The molecule has 1 aliphatic carbocycles. The van der Waals surface area contributed by atoms with E-state index in [1.54, 1.807) is 7.11 Å². The van der Waals surface area contributed by atoms with Crippen molar-refractivity contribution >= 4 is 5.91 Å². The molecule has 0 aromatic heterocycles. The first-order valence-electron chi connectivity index (χ1n) is 6.69. The average Bonchev–Trinajstić information content (AvgIpc) is 2.42. The van der Waals surface area contributed by atoms with Crippen molar-refractivity contribution in [2.75, 3.05) is 7.11 Å². The number of primary amides is 1. The quantitative estimate of drug-likeness (QED) is 0.867. The highest BCUT2D eigenvalue weighted by Gasteiger charge is 2.44. The van der Waals surface area contributed by atoms with Gasteiger partial charge < -0.3 is 15.6 Å². The van der Waals surface area contributed by atoms with Gasteiger partial charge in [-0.15, -0.1) is 0 Å². The molecule has 104 valence electrons. The van der Waals surface area contributed by atoms with Gasteiger partial charge >= 0.3 is 0 Å². The molecular weight excluding hydrogens is 242 g/mol. The number of benzene rings is 1. The van der Waals surface area contributed by atoms with Gasteiger partial charge in [-0.1, -0.05) is 25.0 Å². The molecule has 2 rings (SSSR count). The van der Waals surface area contributed by atoms with Crippen LogP contribution >= 0.6 is 0 Å². The zero-order valence-corrected chi connectivity index (χ0v) is 11.3. The van der Waals surface area contributed by atoms with Crippen molar-refractivity contribution in [2.24, 2.45) is 11.1 Å². The summed E-state index contributed by atoms with van der Waals surface area (Å²) in [5.41, 5.74) is 5.76. The van der Waals surface area contributed by atoms with Crippen molar-refractivity contribution < 1.29 is 14.6 Å². The summed E-state index contributed by atoms with van der Waals surface area (Å²) in [5.74, 6) is 0.386. The first kappa shape index (κ1) is 13.9. The summed E-state index contributed by atoms with van der Waals surface area (Å²) in [6, 6.07) is 7.56. The molecule has 1 fully saturated rings. The van der Waals surface area contributed by atoms with Crippen molar-refractivity contribution in [1.82, 2.24) is 0 Å². The van der Waals surface area contributed by atoms with E-state index in [0.717, 1.165) is 24.2 Å². The molecule has 3 N–H and O–H groups in total. The second kappa shape index (κ2) is 5.61. The van der Waals surface area contributed by atoms with Crippen LogP contribution in [0.5, 0.6) is 5.75 Å². The van der Waals surface area contributed by atoms with Crippen LogP contribution in [0.25, 0.3) is 0 Å². The van der Waals surface area contributed by atoms with Crippen molar-refractivity contribution in [3.05, 3.63) is 29.8 Å². The Labute approximate surface area is 113 Å². The molecular formula is C15H21NO3. The zero-order chi connectivity index (χ0) is 13.9. The maximum absolute atomic E-state index is 11.9. The monoisotopic (exact) mass is 263 g/mol. The lowest BCUT2D eigenvalue weighted by Gasteiger charge is -2.39. The van der Waals surface area contributed by atoms with E-state index in [4.69, 9.17) is 10.5 Å². The summed E-state index contributed by atoms with van der Waals surface area (Å²) in [6.07, 6.45) is 3.07. The van der Waals surface area contributed by atoms with Gasteiger partial charge in [-0.05, 0) is 37.0 Å². The largest absolute Gasteiger partial charge is 0.497 e. The summed E-state index contributed by atoms with van der Waals surface area (Å²) in [7, 11) is 1.62. The van der Waals surface area contributed by atoms with E-state index in [1.165, 1.54) is 0 Å². The summed E-state index contributed by atoms with van der Waals surface area (Å²) in [4.78, 5) is 11.9. The molecule has 4 heteroatoms. The van der Waals surface area contributed by atoms with Crippen molar-refractivity contribution in [3.8, 4) is 5.75 Å². The number of ether oxygens (including phenoxy) is 1. The highest BCUT2D eigenvalue weighted by atomic mass is 16.5. The number of aliphatic hydroxyl groups is 1. The van der Waals surface area contributed by atoms with E-state index in [2.05, 4.69) is 0 Å². The van der Waals surface area contributed by atoms with E-state index in [9.17, 15) is 9.90 Å². The topological polar surface area (TPSA) is 72.5 Å². The number of hydrogen-bond donors (Lipinski definition) is 2. The Morgan fingerprint density at radius 1 is 1.42 bits per heavy atom. The summed E-state index contributed by atoms with van der Waals surface area (Å²) in [6.45, 7) is 0. The second-order valence-corrected chi connectivity index (χ2v) is 5.31. The smallest absolute Gasteiger partial charge is 0.226 e. The molecule has 1 saturated carbocycles. The fourth-order valence-electron chi connectivity index (χ4n) is 2.91. The number of hydrogen-bond acceptors (Lipinski definition) is 3.